The summed E-state index contributed by atoms with van der Waals surface area (Å²) in [6.45, 7) is 0. The van der Waals surface area contributed by atoms with Gasteiger partial charge in [0, 0.05) is 0 Å². The Morgan fingerprint density at radius 3 is 2.17 bits per heavy atom. The topological polar surface area (TPSA) is 78.0 Å². The van der Waals surface area contributed by atoms with E-state index in [-0.39, 0.29) is 28.5 Å². The van der Waals surface area contributed by atoms with Crippen molar-refractivity contribution in [2.24, 2.45) is 0 Å². The second kappa shape index (κ2) is 7.05. The van der Waals surface area contributed by atoms with Gasteiger partial charge in [-0.25, -0.2) is 4.79 Å². The second-order valence-electron chi connectivity index (χ2n) is 1.74. The third-order valence-electron chi connectivity index (χ3n) is 1.09. The van der Waals surface area contributed by atoms with Gasteiger partial charge in [0.15, 0.2) is 0 Å². The number of carbonyl (C=O) groups is 1. The van der Waals surface area contributed by atoms with Gasteiger partial charge in [0.1, 0.15) is 0 Å². The lowest BCUT2D eigenvalue weighted by Gasteiger charge is -1.92. The Hall–Kier alpha value is -0.624. The maximum absolute atomic E-state index is 10.5. The van der Waals surface area contributed by atoms with Crippen LogP contribution in [0.4, 0.5) is 0 Å². The Balaban J connectivity index is 0. The molecule has 0 atom stereocenters. The van der Waals surface area contributed by atoms with E-state index in [9.17, 15) is 4.79 Å². The van der Waals surface area contributed by atoms with Crippen molar-refractivity contribution in [1.29, 1.82) is 0 Å². The summed E-state index contributed by atoms with van der Waals surface area (Å²) in [6.07, 6.45) is 0. The van der Waals surface area contributed by atoms with Crippen molar-refractivity contribution in [2.45, 2.75) is 0 Å². The molecule has 0 fully saturated rings. The molecule has 0 saturated heterocycles. The van der Waals surface area contributed by atoms with E-state index in [2.05, 4.69) is 4.89 Å². The van der Waals surface area contributed by atoms with Gasteiger partial charge >= 0.3 is 29.0 Å². The van der Waals surface area contributed by atoms with Crippen LogP contribution in [0.3, 0.4) is 0 Å². The molecule has 1 rings (SSSR count). The van der Waals surface area contributed by atoms with Gasteiger partial charge in [0.25, 0.3) is 0 Å². The Bertz CT molecular complexity index is 224. The van der Waals surface area contributed by atoms with Crippen LogP contribution in [0, 0.1) is 0 Å². The van der Waals surface area contributed by atoms with E-state index < -0.39 is 5.97 Å². The van der Waals surface area contributed by atoms with Crippen molar-refractivity contribution < 1.29 is 20.4 Å². The molecule has 5 heteroatoms. The monoisotopic (exact) mass is 182 g/mol. The first-order valence-electron chi connectivity index (χ1n) is 2.75. The number of benzene rings is 1. The Morgan fingerprint density at radius 1 is 1.25 bits per heavy atom. The van der Waals surface area contributed by atoms with Gasteiger partial charge < -0.3 is 5.48 Å². The van der Waals surface area contributed by atoms with Crippen LogP contribution in [-0.4, -0.2) is 39.8 Å². The molecule has 0 aliphatic heterocycles. The summed E-state index contributed by atoms with van der Waals surface area (Å²) in [7, 11) is 0. The van der Waals surface area contributed by atoms with E-state index in [0.717, 1.165) is 0 Å². The second-order valence-corrected chi connectivity index (χ2v) is 1.74. The SMILES string of the molecule is O.O=C(OO)c1ccccc1.[MgH2]. The number of rotatable bonds is 1. The molecule has 0 bridgehead atoms. The molecule has 0 radical (unpaired) electrons. The molecule has 0 unspecified atom stereocenters. The Labute approximate surface area is 85.5 Å². The fraction of sp³-hybridized carbons (Fsp3) is 0. The average molecular weight is 182 g/mol. The average Bonchev–Trinajstić information content (AvgIpc) is 2.05. The molecule has 0 aliphatic carbocycles. The maximum atomic E-state index is 10.5. The summed E-state index contributed by atoms with van der Waals surface area (Å²) >= 11 is 0. The quantitative estimate of drug-likeness (QED) is 0.364. The van der Waals surface area contributed by atoms with E-state index >= 15 is 0 Å². The minimum absolute atomic E-state index is 0. The van der Waals surface area contributed by atoms with Gasteiger partial charge in [-0.1, -0.05) is 18.2 Å². The molecular weight excluding hydrogens is 172 g/mol. The highest BCUT2D eigenvalue weighted by molar-refractivity contribution is 5.88. The molecule has 0 saturated carbocycles. The van der Waals surface area contributed by atoms with E-state index in [1.54, 1.807) is 30.3 Å². The van der Waals surface area contributed by atoms with Crippen molar-refractivity contribution in [3.05, 3.63) is 35.9 Å². The van der Waals surface area contributed by atoms with Crippen LogP contribution >= 0.6 is 0 Å². The van der Waals surface area contributed by atoms with Crippen LogP contribution in [0.1, 0.15) is 10.4 Å². The highest BCUT2D eigenvalue weighted by Gasteiger charge is 2.02. The predicted molar refractivity (Wildman–Crippen MR) is 46.6 cm³/mol. The molecule has 0 heterocycles. The molecular formula is C7H10MgO4. The zero-order valence-corrected chi connectivity index (χ0v) is 5.65. The standard InChI is InChI=1S/C7H6O3.Mg.H2O.2H/c8-7(10-9)6-4-2-1-3-5-6;;;;/h1-5,9H;;1H2;;. The number of hydrogen-bond donors (Lipinski definition) is 1. The lowest BCUT2D eigenvalue weighted by molar-refractivity contribution is -0.182. The molecule has 12 heavy (non-hydrogen) atoms. The maximum Gasteiger partial charge on any atom is 0.372 e. The molecule has 3 N–H and O–H groups in total. The summed E-state index contributed by atoms with van der Waals surface area (Å²) in [5.74, 6) is -0.736. The minimum atomic E-state index is -0.736. The normalized spacial score (nSPS) is 7.42. The minimum Gasteiger partial charge on any atom is -0.412 e. The fourth-order valence-corrected chi connectivity index (χ4v) is 0.627. The molecule has 4 nitrogen and oxygen atoms in total. The van der Waals surface area contributed by atoms with Crippen LogP contribution in [-0.2, 0) is 4.89 Å². The first-order valence-corrected chi connectivity index (χ1v) is 2.75. The fourth-order valence-electron chi connectivity index (χ4n) is 0.627. The first kappa shape index (κ1) is 13.9. The largest absolute Gasteiger partial charge is 0.412 e. The molecule has 64 valence electrons. The third kappa shape index (κ3) is 3.68. The van der Waals surface area contributed by atoms with Crippen LogP contribution < -0.4 is 0 Å². The third-order valence-corrected chi connectivity index (χ3v) is 1.09. The summed E-state index contributed by atoms with van der Waals surface area (Å²) in [6, 6.07) is 8.25. The molecule has 1 aromatic rings. The van der Waals surface area contributed by atoms with Crippen LogP contribution in [0.15, 0.2) is 30.3 Å². The molecule has 0 aromatic heterocycles. The van der Waals surface area contributed by atoms with E-state index in [0.29, 0.717) is 5.56 Å². The zero-order valence-electron chi connectivity index (χ0n) is 5.65. The highest BCUT2D eigenvalue weighted by Crippen LogP contribution is 1.98. The van der Waals surface area contributed by atoms with Gasteiger partial charge in [-0.2, -0.15) is 5.26 Å². The van der Waals surface area contributed by atoms with Crippen LogP contribution in [0.2, 0.25) is 0 Å². The van der Waals surface area contributed by atoms with Crippen molar-refractivity contribution in [2.75, 3.05) is 0 Å². The molecule has 1 aromatic carbocycles. The van der Waals surface area contributed by atoms with E-state index in [1.807, 2.05) is 0 Å². The molecule has 0 aliphatic rings. The van der Waals surface area contributed by atoms with Gasteiger partial charge in [-0.3, -0.25) is 4.89 Å². The van der Waals surface area contributed by atoms with Crippen LogP contribution in [0.5, 0.6) is 0 Å². The molecule has 0 spiro atoms. The van der Waals surface area contributed by atoms with Crippen molar-refractivity contribution in [3.63, 3.8) is 0 Å². The summed E-state index contributed by atoms with van der Waals surface area (Å²) < 4.78 is 0. The number of hydrogen-bond acceptors (Lipinski definition) is 3. The summed E-state index contributed by atoms with van der Waals surface area (Å²) in [4.78, 5) is 14.0. The summed E-state index contributed by atoms with van der Waals surface area (Å²) in [5, 5.41) is 7.94. The Morgan fingerprint density at radius 2 is 1.75 bits per heavy atom. The summed E-state index contributed by atoms with van der Waals surface area (Å²) in [5.41, 5.74) is 0.338. The van der Waals surface area contributed by atoms with Crippen molar-refractivity contribution in [3.8, 4) is 0 Å². The van der Waals surface area contributed by atoms with E-state index in [4.69, 9.17) is 5.26 Å². The molecule has 0 amide bonds. The lowest BCUT2D eigenvalue weighted by Crippen LogP contribution is -2.00. The van der Waals surface area contributed by atoms with E-state index in [1.165, 1.54) is 0 Å². The smallest absolute Gasteiger partial charge is 0.372 e. The van der Waals surface area contributed by atoms with Crippen molar-refractivity contribution in [1.82, 2.24) is 0 Å². The zero-order chi connectivity index (χ0) is 7.40. The van der Waals surface area contributed by atoms with Crippen LogP contribution in [0.25, 0.3) is 0 Å². The van der Waals surface area contributed by atoms with Crippen molar-refractivity contribution >= 4 is 29.0 Å². The number of carbonyl (C=O) groups excluding carboxylic acids is 1. The van der Waals surface area contributed by atoms with Gasteiger partial charge in [0.2, 0.25) is 0 Å². The van der Waals surface area contributed by atoms with Gasteiger partial charge in [-0.15, -0.1) is 0 Å². The first-order chi connectivity index (χ1) is 4.84. The lowest BCUT2D eigenvalue weighted by atomic mass is 10.2. The predicted octanol–water partition coefficient (Wildman–Crippen LogP) is -0.424. The Kier molecular flexibility index (Phi) is 8.18. The van der Waals surface area contributed by atoms with Gasteiger partial charge in [-0.05, 0) is 12.1 Å². The highest BCUT2D eigenvalue weighted by atomic mass is 24.3. The van der Waals surface area contributed by atoms with Gasteiger partial charge in [0.05, 0.1) is 5.56 Å².